The number of pyridine rings is 1. The first-order valence-corrected chi connectivity index (χ1v) is 10.4. The molecule has 0 radical (unpaired) electrons. The van der Waals surface area contributed by atoms with Crippen LogP contribution < -0.4 is 10.9 Å². The highest BCUT2D eigenvalue weighted by Crippen LogP contribution is 2.29. The molecule has 32 heavy (non-hydrogen) atoms. The molecule has 2 N–H and O–H groups in total. The van der Waals surface area contributed by atoms with Crippen molar-refractivity contribution in [1.82, 2.24) is 20.1 Å². The van der Waals surface area contributed by atoms with Crippen molar-refractivity contribution < 1.29 is 4.39 Å². The number of rotatable bonds is 6. The van der Waals surface area contributed by atoms with Crippen molar-refractivity contribution in [3.05, 3.63) is 118 Å². The van der Waals surface area contributed by atoms with Gasteiger partial charge in [-0.25, -0.2) is 9.07 Å². The molecule has 5 nitrogen and oxygen atoms in total. The van der Waals surface area contributed by atoms with Gasteiger partial charge in [0.25, 0.3) is 5.56 Å². The van der Waals surface area contributed by atoms with Crippen LogP contribution in [0.4, 0.5) is 4.39 Å². The van der Waals surface area contributed by atoms with Gasteiger partial charge in [0.05, 0.1) is 5.69 Å². The van der Waals surface area contributed by atoms with Crippen LogP contribution in [-0.4, -0.2) is 14.8 Å². The van der Waals surface area contributed by atoms with Crippen LogP contribution in [0.15, 0.2) is 95.8 Å². The number of hydrogen-bond donors (Lipinski definition) is 2. The van der Waals surface area contributed by atoms with Crippen molar-refractivity contribution in [3.8, 4) is 16.9 Å². The second kappa shape index (κ2) is 8.61. The molecule has 2 heterocycles. The monoisotopic (exact) mass is 424 g/mol. The molecule has 0 amide bonds. The Morgan fingerprint density at radius 1 is 0.875 bits per heavy atom. The number of nitrogens with one attached hydrogen (secondary N) is 2. The van der Waals surface area contributed by atoms with Crippen molar-refractivity contribution in [2.24, 2.45) is 0 Å². The Morgan fingerprint density at radius 3 is 2.28 bits per heavy atom. The molecule has 3 aromatic carbocycles. The average Bonchev–Trinajstić information content (AvgIpc) is 3.19. The average molecular weight is 424 g/mol. The second-order valence-corrected chi connectivity index (χ2v) is 7.58. The number of benzene rings is 3. The first-order valence-electron chi connectivity index (χ1n) is 10.4. The Hall–Kier alpha value is -4.03. The summed E-state index contributed by atoms with van der Waals surface area (Å²) in [4.78, 5) is 15.9. The van der Waals surface area contributed by atoms with Crippen molar-refractivity contribution in [2.75, 3.05) is 0 Å². The lowest BCUT2D eigenvalue weighted by atomic mass is 10.1. The normalized spacial score (nSPS) is 11.2. The van der Waals surface area contributed by atoms with E-state index in [2.05, 4.69) is 10.3 Å². The van der Waals surface area contributed by atoms with Crippen LogP contribution in [0.25, 0.3) is 28.0 Å². The number of aromatic amines is 1. The van der Waals surface area contributed by atoms with Gasteiger partial charge in [0.1, 0.15) is 17.2 Å². The molecule has 5 rings (SSSR count). The Labute approximate surface area is 184 Å². The molecule has 0 spiro atoms. The van der Waals surface area contributed by atoms with Gasteiger partial charge in [-0.2, -0.15) is 5.10 Å². The summed E-state index contributed by atoms with van der Waals surface area (Å²) in [5, 5.41) is 8.91. The smallest absolute Gasteiger partial charge is 0.254 e. The van der Waals surface area contributed by atoms with E-state index in [9.17, 15) is 9.18 Å². The molecule has 0 unspecified atom stereocenters. The molecule has 0 aliphatic rings. The first-order chi connectivity index (χ1) is 15.7. The fourth-order valence-electron chi connectivity index (χ4n) is 3.76. The van der Waals surface area contributed by atoms with Gasteiger partial charge in [-0.1, -0.05) is 48.5 Å². The summed E-state index contributed by atoms with van der Waals surface area (Å²) in [5.74, 6) is -0.306. The van der Waals surface area contributed by atoms with Crippen molar-refractivity contribution >= 4 is 11.0 Å². The minimum atomic E-state index is -0.306. The summed E-state index contributed by atoms with van der Waals surface area (Å²) in [6.07, 6.45) is 0. The summed E-state index contributed by atoms with van der Waals surface area (Å²) >= 11 is 0. The predicted octanol–water partition coefficient (Wildman–Crippen LogP) is 4.81. The number of para-hydroxylation sites is 1. The quantitative estimate of drug-likeness (QED) is 0.411. The maximum absolute atomic E-state index is 13.5. The Morgan fingerprint density at radius 2 is 1.56 bits per heavy atom. The molecule has 2 aromatic heterocycles. The van der Waals surface area contributed by atoms with Crippen LogP contribution in [0.2, 0.25) is 0 Å². The van der Waals surface area contributed by atoms with Crippen molar-refractivity contribution in [1.29, 1.82) is 0 Å². The third kappa shape index (κ3) is 3.96. The molecule has 158 valence electrons. The first kappa shape index (κ1) is 19.9. The third-order valence-electron chi connectivity index (χ3n) is 5.37. The van der Waals surface area contributed by atoms with Gasteiger partial charge in [0.15, 0.2) is 0 Å². The van der Waals surface area contributed by atoms with Gasteiger partial charge >= 0.3 is 0 Å². The maximum atomic E-state index is 13.5. The molecule has 0 atom stereocenters. The van der Waals surface area contributed by atoms with E-state index in [1.54, 1.807) is 16.8 Å². The fourth-order valence-corrected chi connectivity index (χ4v) is 3.76. The van der Waals surface area contributed by atoms with Gasteiger partial charge in [-0.3, -0.25) is 4.79 Å². The van der Waals surface area contributed by atoms with Crippen LogP contribution in [0.5, 0.6) is 0 Å². The van der Waals surface area contributed by atoms with E-state index in [0.717, 1.165) is 22.2 Å². The molecule has 0 bridgehead atoms. The van der Waals surface area contributed by atoms with E-state index in [0.29, 0.717) is 30.0 Å². The fraction of sp³-hybridized carbons (Fsp3) is 0.0769. The van der Waals surface area contributed by atoms with Crippen LogP contribution in [0, 0.1) is 5.82 Å². The van der Waals surface area contributed by atoms with E-state index in [1.807, 2.05) is 66.7 Å². The molecule has 0 saturated carbocycles. The lowest BCUT2D eigenvalue weighted by Gasteiger charge is -2.06. The molecular formula is C26H21FN4O. The predicted molar refractivity (Wildman–Crippen MR) is 124 cm³/mol. The van der Waals surface area contributed by atoms with E-state index in [1.165, 1.54) is 12.1 Å². The zero-order chi connectivity index (χ0) is 21.9. The summed E-state index contributed by atoms with van der Waals surface area (Å²) < 4.78 is 15.2. The summed E-state index contributed by atoms with van der Waals surface area (Å²) in [6.45, 7) is 1.08. The van der Waals surface area contributed by atoms with Gasteiger partial charge in [0, 0.05) is 29.6 Å². The number of fused-ring (bicyclic) bond motifs is 1. The van der Waals surface area contributed by atoms with E-state index < -0.39 is 0 Å². The highest BCUT2D eigenvalue weighted by Gasteiger charge is 2.16. The summed E-state index contributed by atoms with van der Waals surface area (Å²) in [7, 11) is 0. The van der Waals surface area contributed by atoms with Crippen LogP contribution in [-0.2, 0) is 13.1 Å². The molecule has 6 heteroatoms. The minimum absolute atomic E-state index is 0.166. The zero-order valence-electron chi connectivity index (χ0n) is 17.3. The summed E-state index contributed by atoms with van der Waals surface area (Å²) in [5.41, 5.74) is 4.49. The molecule has 0 saturated heterocycles. The zero-order valence-corrected chi connectivity index (χ0v) is 17.3. The lowest BCUT2D eigenvalue weighted by Crippen LogP contribution is -2.21. The number of nitrogens with zero attached hydrogens (tertiary/aromatic N) is 2. The molecule has 0 fully saturated rings. The third-order valence-corrected chi connectivity index (χ3v) is 5.37. The number of H-pyrrole nitrogens is 1. The number of hydrogen-bond acceptors (Lipinski definition) is 3. The topological polar surface area (TPSA) is 62.7 Å². The number of halogens is 1. The SMILES string of the molecule is O=c1[nH]c2c(cc1CNCc1ccccc1)c(-c1ccc(F)cc1)nn2-c1ccccc1. The van der Waals surface area contributed by atoms with Crippen LogP contribution in [0.3, 0.4) is 0 Å². The Kier molecular flexibility index (Phi) is 5.35. The van der Waals surface area contributed by atoms with Gasteiger partial charge in [-0.15, -0.1) is 0 Å². The lowest BCUT2D eigenvalue weighted by molar-refractivity contribution is 0.628. The van der Waals surface area contributed by atoms with E-state index in [4.69, 9.17) is 5.10 Å². The van der Waals surface area contributed by atoms with Gasteiger partial charge in [-0.05, 0) is 48.0 Å². The highest BCUT2D eigenvalue weighted by atomic mass is 19.1. The van der Waals surface area contributed by atoms with Gasteiger partial charge in [0.2, 0.25) is 0 Å². The maximum Gasteiger partial charge on any atom is 0.254 e. The highest BCUT2D eigenvalue weighted by molar-refractivity contribution is 5.92. The summed E-state index contributed by atoms with van der Waals surface area (Å²) in [6, 6.07) is 27.7. The van der Waals surface area contributed by atoms with Crippen molar-refractivity contribution in [2.45, 2.75) is 13.1 Å². The largest absolute Gasteiger partial charge is 0.308 e. The van der Waals surface area contributed by atoms with Crippen LogP contribution >= 0.6 is 0 Å². The van der Waals surface area contributed by atoms with Gasteiger partial charge < -0.3 is 10.3 Å². The second-order valence-electron chi connectivity index (χ2n) is 7.58. The molecule has 0 aliphatic carbocycles. The molecule has 0 aliphatic heterocycles. The number of aromatic nitrogens is 3. The Balaban J connectivity index is 1.57. The molecular weight excluding hydrogens is 403 g/mol. The van der Waals surface area contributed by atoms with Crippen molar-refractivity contribution in [3.63, 3.8) is 0 Å². The standard InChI is InChI=1S/C26H21FN4O/c27-21-13-11-19(12-14-21)24-23-15-20(17-28-16-18-7-3-1-4-8-18)26(32)29-25(23)31(30-24)22-9-5-2-6-10-22/h1-15,28H,16-17H2,(H,29,32). The van der Waals surface area contributed by atoms with E-state index >= 15 is 0 Å². The van der Waals surface area contributed by atoms with Crippen LogP contribution in [0.1, 0.15) is 11.1 Å². The Bertz CT molecular complexity index is 1410. The minimum Gasteiger partial charge on any atom is -0.308 e. The van der Waals surface area contributed by atoms with E-state index in [-0.39, 0.29) is 11.4 Å². The molecule has 5 aromatic rings.